The fourth-order valence-electron chi connectivity index (χ4n) is 1.37. The number of nitrogens with one attached hydrogen (secondary N) is 1. The van der Waals surface area contributed by atoms with Gasteiger partial charge in [0.25, 0.3) is 0 Å². The third kappa shape index (κ3) is 6.11. The second kappa shape index (κ2) is 8.22. The number of carbonyl (C=O) groups is 2. The molecule has 1 rings (SSSR count). The minimum absolute atomic E-state index is 0.146. The van der Waals surface area contributed by atoms with Crippen molar-refractivity contribution in [2.24, 2.45) is 5.92 Å². The highest BCUT2D eigenvalue weighted by molar-refractivity contribution is 9.10. The summed E-state index contributed by atoms with van der Waals surface area (Å²) in [5, 5.41) is 11.5. The molecule has 4 nitrogen and oxygen atoms in total. The van der Waals surface area contributed by atoms with Crippen molar-refractivity contribution in [1.29, 1.82) is 0 Å². The number of rotatable bonds is 7. The van der Waals surface area contributed by atoms with Crippen LogP contribution in [0.5, 0.6) is 0 Å². The Morgan fingerprint density at radius 2 is 2.00 bits per heavy atom. The molecular weight excluding hydrogens is 330 g/mol. The van der Waals surface area contributed by atoms with Crippen LogP contribution in [0.25, 0.3) is 0 Å². The van der Waals surface area contributed by atoms with Gasteiger partial charge in [-0.2, -0.15) is 0 Å². The van der Waals surface area contributed by atoms with Crippen LogP contribution in [0, 0.1) is 5.92 Å². The first-order valence-corrected chi connectivity index (χ1v) is 7.68. The summed E-state index contributed by atoms with van der Waals surface area (Å²) >= 11 is 4.77. The predicted molar refractivity (Wildman–Crippen MR) is 79.3 cm³/mol. The third-order valence-corrected chi connectivity index (χ3v) is 4.11. The molecule has 1 amide bonds. The monoisotopic (exact) mass is 345 g/mol. The molecule has 0 spiro atoms. The lowest BCUT2D eigenvalue weighted by molar-refractivity contribution is -0.141. The first kappa shape index (κ1) is 16.0. The summed E-state index contributed by atoms with van der Waals surface area (Å²) in [4.78, 5) is 23.4. The van der Waals surface area contributed by atoms with Crippen LogP contribution in [0.1, 0.15) is 13.3 Å². The van der Waals surface area contributed by atoms with Crippen molar-refractivity contribution in [2.45, 2.75) is 18.2 Å². The number of amides is 1. The van der Waals surface area contributed by atoms with Crippen molar-refractivity contribution >= 4 is 39.6 Å². The molecule has 104 valence electrons. The molecule has 0 radical (unpaired) electrons. The lowest BCUT2D eigenvalue weighted by Crippen LogP contribution is -2.33. The highest BCUT2D eigenvalue weighted by Gasteiger charge is 2.15. The molecule has 2 N–H and O–H groups in total. The molecular formula is C13H16BrNO3S. The van der Waals surface area contributed by atoms with Crippen LogP contribution in [0.4, 0.5) is 0 Å². The van der Waals surface area contributed by atoms with Gasteiger partial charge in [-0.3, -0.25) is 9.59 Å². The van der Waals surface area contributed by atoms with Gasteiger partial charge in [-0.15, -0.1) is 11.8 Å². The average Bonchev–Trinajstić information content (AvgIpc) is 2.38. The Bertz CT molecular complexity index is 436. The standard InChI is InChI=1S/C13H16BrNO3S/c1-2-9(13(17)18)7-15-12(16)8-19-11-5-3-10(14)4-6-11/h3-6,9H,2,7-8H2,1H3,(H,15,16)(H,17,18). The Hall–Kier alpha value is -1.01. The molecule has 1 atom stereocenters. The molecule has 1 unspecified atom stereocenters. The van der Waals surface area contributed by atoms with E-state index >= 15 is 0 Å². The van der Waals surface area contributed by atoms with Crippen LogP contribution in [0.3, 0.4) is 0 Å². The minimum Gasteiger partial charge on any atom is -0.481 e. The molecule has 0 fully saturated rings. The fraction of sp³-hybridized carbons (Fsp3) is 0.385. The third-order valence-electron chi connectivity index (χ3n) is 2.57. The van der Waals surface area contributed by atoms with Gasteiger partial charge in [0.1, 0.15) is 0 Å². The van der Waals surface area contributed by atoms with Gasteiger partial charge in [0.05, 0.1) is 11.7 Å². The Morgan fingerprint density at radius 1 is 1.37 bits per heavy atom. The van der Waals surface area contributed by atoms with Crippen molar-refractivity contribution in [3.05, 3.63) is 28.7 Å². The van der Waals surface area contributed by atoms with Crippen molar-refractivity contribution in [3.8, 4) is 0 Å². The molecule has 0 aliphatic heterocycles. The Kier molecular flexibility index (Phi) is 6.94. The number of carbonyl (C=O) groups excluding carboxylic acids is 1. The number of aliphatic carboxylic acids is 1. The van der Waals surface area contributed by atoms with E-state index in [0.29, 0.717) is 6.42 Å². The molecule has 0 heterocycles. The zero-order chi connectivity index (χ0) is 14.3. The van der Waals surface area contributed by atoms with E-state index in [1.165, 1.54) is 11.8 Å². The molecule has 0 aliphatic rings. The molecule has 19 heavy (non-hydrogen) atoms. The summed E-state index contributed by atoms with van der Waals surface area (Å²) in [6, 6.07) is 7.68. The second-order valence-corrected chi connectivity index (χ2v) is 5.95. The van der Waals surface area contributed by atoms with E-state index in [4.69, 9.17) is 5.11 Å². The number of benzene rings is 1. The van der Waals surface area contributed by atoms with Gasteiger partial charge in [-0.25, -0.2) is 0 Å². The predicted octanol–water partition coefficient (Wildman–Crippen LogP) is 2.77. The van der Waals surface area contributed by atoms with E-state index in [1.54, 1.807) is 6.92 Å². The summed E-state index contributed by atoms with van der Waals surface area (Å²) in [5.74, 6) is -1.24. The molecule has 0 aliphatic carbocycles. The van der Waals surface area contributed by atoms with E-state index < -0.39 is 11.9 Å². The maximum absolute atomic E-state index is 11.6. The lowest BCUT2D eigenvalue weighted by Gasteiger charge is -2.10. The zero-order valence-electron chi connectivity index (χ0n) is 10.6. The maximum atomic E-state index is 11.6. The Labute approximate surface area is 125 Å². The number of thioether (sulfide) groups is 1. The number of hydrogen-bond acceptors (Lipinski definition) is 3. The van der Waals surface area contributed by atoms with Crippen LogP contribution in [0.2, 0.25) is 0 Å². The minimum atomic E-state index is -0.872. The van der Waals surface area contributed by atoms with Gasteiger partial charge in [-0.05, 0) is 30.7 Å². The largest absolute Gasteiger partial charge is 0.481 e. The summed E-state index contributed by atoms with van der Waals surface area (Å²) in [6.45, 7) is 1.98. The molecule has 1 aromatic carbocycles. The van der Waals surface area contributed by atoms with Crippen LogP contribution in [-0.2, 0) is 9.59 Å². The van der Waals surface area contributed by atoms with Crippen LogP contribution in [-0.4, -0.2) is 29.3 Å². The van der Waals surface area contributed by atoms with Crippen LogP contribution in [0.15, 0.2) is 33.6 Å². The smallest absolute Gasteiger partial charge is 0.308 e. The van der Waals surface area contributed by atoms with Crippen LogP contribution < -0.4 is 5.32 Å². The summed E-state index contributed by atoms with van der Waals surface area (Å²) in [6.07, 6.45) is 0.509. The van der Waals surface area contributed by atoms with E-state index in [9.17, 15) is 9.59 Å². The van der Waals surface area contributed by atoms with Gasteiger partial charge in [-0.1, -0.05) is 22.9 Å². The van der Waals surface area contributed by atoms with Gasteiger partial charge < -0.3 is 10.4 Å². The quantitative estimate of drug-likeness (QED) is 0.745. The summed E-state index contributed by atoms with van der Waals surface area (Å²) in [5.41, 5.74) is 0. The second-order valence-electron chi connectivity index (χ2n) is 3.99. The molecule has 1 aromatic rings. The van der Waals surface area contributed by atoms with E-state index in [-0.39, 0.29) is 18.2 Å². The number of hydrogen-bond donors (Lipinski definition) is 2. The van der Waals surface area contributed by atoms with Crippen molar-refractivity contribution < 1.29 is 14.7 Å². The highest BCUT2D eigenvalue weighted by Crippen LogP contribution is 2.20. The maximum Gasteiger partial charge on any atom is 0.308 e. The highest BCUT2D eigenvalue weighted by atomic mass is 79.9. The Balaban J connectivity index is 2.31. The van der Waals surface area contributed by atoms with Gasteiger partial charge in [0.2, 0.25) is 5.91 Å². The fourth-order valence-corrected chi connectivity index (χ4v) is 2.37. The molecule has 0 aromatic heterocycles. The zero-order valence-corrected chi connectivity index (χ0v) is 13.0. The van der Waals surface area contributed by atoms with Crippen molar-refractivity contribution in [1.82, 2.24) is 5.32 Å². The van der Waals surface area contributed by atoms with E-state index in [0.717, 1.165) is 9.37 Å². The van der Waals surface area contributed by atoms with Crippen molar-refractivity contribution in [2.75, 3.05) is 12.3 Å². The number of carboxylic acids is 1. The lowest BCUT2D eigenvalue weighted by atomic mass is 10.1. The molecule has 0 bridgehead atoms. The first-order chi connectivity index (χ1) is 9.02. The topological polar surface area (TPSA) is 66.4 Å². The summed E-state index contributed by atoms with van der Waals surface area (Å²) < 4.78 is 0.994. The number of carboxylic acid groups (broad SMARTS) is 1. The normalized spacial score (nSPS) is 11.9. The first-order valence-electron chi connectivity index (χ1n) is 5.90. The van der Waals surface area contributed by atoms with Crippen LogP contribution >= 0.6 is 27.7 Å². The van der Waals surface area contributed by atoms with Gasteiger partial charge >= 0.3 is 5.97 Å². The van der Waals surface area contributed by atoms with Gasteiger partial charge in [0, 0.05) is 15.9 Å². The molecule has 0 saturated carbocycles. The SMILES string of the molecule is CCC(CNC(=O)CSc1ccc(Br)cc1)C(=O)O. The van der Waals surface area contributed by atoms with E-state index in [2.05, 4.69) is 21.2 Å². The Morgan fingerprint density at radius 3 is 2.53 bits per heavy atom. The van der Waals surface area contributed by atoms with Crippen molar-refractivity contribution in [3.63, 3.8) is 0 Å². The summed E-state index contributed by atoms with van der Waals surface area (Å²) in [7, 11) is 0. The van der Waals surface area contributed by atoms with Gasteiger partial charge in [0.15, 0.2) is 0 Å². The molecule has 6 heteroatoms. The average molecular weight is 346 g/mol. The number of halogens is 1. The molecule has 0 saturated heterocycles. The van der Waals surface area contributed by atoms with E-state index in [1.807, 2.05) is 24.3 Å².